The van der Waals surface area contributed by atoms with Crippen LogP contribution in [0, 0.1) is 10.1 Å². The van der Waals surface area contributed by atoms with Crippen molar-refractivity contribution in [2.45, 2.75) is 18.9 Å². The first-order valence-corrected chi connectivity index (χ1v) is 4.64. The maximum absolute atomic E-state index is 12.6. The second-order valence-electron chi connectivity index (χ2n) is 3.49. The molecule has 0 atom stereocenters. The Kier molecular flexibility index (Phi) is 3.75. The summed E-state index contributed by atoms with van der Waals surface area (Å²) in [4.78, 5) is 9.00. The van der Waals surface area contributed by atoms with Crippen molar-refractivity contribution in [2.24, 2.45) is 5.73 Å². The van der Waals surface area contributed by atoms with Crippen LogP contribution in [-0.4, -0.2) is 4.92 Å². The van der Waals surface area contributed by atoms with Gasteiger partial charge in [0.1, 0.15) is 5.56 Å². The van der Waals surface area contributed by atoms with E-state index in [4.69, 9.17) is 5.73 Å². The van der Waals surface area contributed by atoms with Crippen LogP contribution in [0.2, 0.25) is 0 Å². The molecule has 0 spiro atoms. The molecule has 1 rings (SSSR count). The molecule has 0 unspecified atom stereocenters. The molecule has 0 fully saturated rings. The highest BCUT2D eigenvalue weighted by molar-refractivity contribution is 5.51. The number of nitrogens with zero attached hydrogens (tertiary/aromatic N) is 1. The Hall–Kier alpha value is -1.84. The lowest BCUT2D eigenvalue weighted by Gasteiger charge is -2.16. The third-order valence-electron chi connectivity index (χ3n) is 2.20. The molecule has 0 aromatic heterocycles. The normalized spacial score (nSPS) is 12.6. The number of hydrogen-bond acceptors (Lipinski definition) is 3. The number of nitrogens with two attached hydrogens (primary N) is 1. The average Bonchev–Trinajstić information content (AvgIpc) is 2.24. The maximum Gasteiger partial charge on any atom is 0.423 e. The monoisotopic (exact) mass is 288 g/mol. The third kappa shape index (κ3) is 3.13. The minimum absolute atomic E-state index is 0.163. The van der Waals surface area contributed by atoms with Gasteiger partial charge in [-0.1, -0.05) is 0 Å². The van der Waals surface area contributed by atoms with Gasteiger partial charge in [-0.15, -0.1) is 0 Å². The van der Waals surface area contributed by atoms with E-state index in [2.05, 4.69) is 0 Å². The van der Waals surface area contributed by atoms with Crippen molar-refractivity contribution in [3.8, 4) is 0 Å². The number of nitro groups is 1. The van der Waals surface area contributed by atoms with Crippen molar-refractivity contribution in [3.05, 3.63) is 38.9 Å². The summed E-state index contributed by atoms with van der Waals surface area (Å²) in [5, 5.41) is 10.5. The van der Waals surface area contributed by atoms with Gasteiger partial charge in [0.15, 0.2) is 0 Å². The van der Waals surface area contributed by atoms with Gasteiger partial charge in [-0.25, -0.2) is 0 Å². The van der Waals surface area contributed by atoms with Crippen LogP contribution in [-0.2, 0) is 18.9 Å². The molecule has 4 nitrogen and oxygen atoms in total. The van der Waals surface area contributed by atoms with E-state index >= 15 is 0 Å². The van der Waals surface area contributed by atoms with Crippen molar-refractivity contribution in [2.75, 3.05) is 0 Å². The van der Waals surface area contributed by atoms with E-state index in [0.717, 1.165) is 0 Å². The van der Waals surface area contributed by atoms with Crippen LogP contribution in [0.4, 0.5) is 32.0 Å². The predicted octanol–water partition coefficient (Wildman–Crippen LogP) is 3.09. The largest absolute Gasteiger partial charge is 0.423 e. The minimum Gasteiger partial charge on any atom is -0.326 e. The van der Waals surface area contributed by atoms with Crippen LogP contribution in [0.25, 0.3) is 0 Å². The Morgan fingerprint density at radius 1 is 1.11 bits per heavy atom. The fraction of sp³-hybridized carbons (Fsp3) is 0.333. The highest BCUT2D eigenvalue weighted by Crippen LogP contribution is 2.45. The van der Waals surface area contributed by atoms with E-state index in [1.807, 2.05) is 0 Å². The van der Waals surface area contributed by atoms with E-state index in [1.165, 1.54) is 0 Å². The molecular formula is C9H6F6N2O2. The lowest BCUT2D eigenvalue weighted by molar-refractivity contribution is -0.388. The fourth-order valence-electron chi connectivity index (χ4n) is 1.47. The summed E-state index contributed by atoms with van der Waals surface area (Å²) in [7, 11) is 0. The molecule has 0 heterocycles. The Bertz CT molecular complexity index is 509. The van der Waals surface area contributed by atoms with Crippen molar-refractivity contribution in [1.29, 1.82) is 0 Å². The highest BCUT2D eigenvalue weighted by atomic mass is 19.4. The number of halogens is 6. The Morgan fingerprint density at radius 3 is 1.95 bits per heavy atom. The van der Waals surface area contributed by atoms with Crippen LogP contribution in [0.1, 0.15) is 16.7 Å². The molecule has 0 aliphatic heterocycles. The third-order valence-corrected chi connectivity index (χ3v) is 2.20. The molecule has 1 aromatic carbocycles. The second kappa shape index (κ2) is 4.68. The van der Waals surface area contributed by atoms with E-state index in [1.54, 1.807) is 0 Å². The van der Waals surface area contributed by atoms with Crippen LogP contribution in [0.3, 0.4) is 0 Å². The molecule has 19 heavy (non-hydrogen) atoms. The number of rotatable bonds is 2. The van der Waals surface area contributed by atoms with Gasteiger partial charge in [0.2, 0.25) is 0 Å². The summed E-state index contributed by atoms with van der Waals surface area (Å²) >= 11 is 0. The van der Waals surface area contributed by atoms with E-state index < -0.39 is 46.2 Å². The molecule has 106 valence electrons. The Balaban J connectivity index is 3.77. The standard InChI is InChI=1S/C9H6F6N2O2/c10-8(11,12)5-1-4(3-16)2-6(17(18)19)7(5)9(13,14)15/h1-2H,3,16H2. The quantitative estimate of drug-likeness (QED) is 0.516. The molecule has 0 amide bonds. The Morgan fingerprint density at radius 2 is 1.63 bits per heavy atom. The summed E-state index contributed by atoms with van der Waals surface area (Å²) in [5.41, 5.74) is -1.49. The maximum atomic E-state index is 12.6. The average molecular weight is 288 g/mol. The summed E-state index contributed by atoms with van der Waals surface area (Å²) in [6.45, 7) is -0.554. The molecular weight excluding hydrogens is 282 g/mol. The molecule has 0 saturated heterocycles. The summed E-state index contributed by atoms with van der Waals surface area (Å²) in [6, 6.07) is 0.549. The number of hydrogen-bond donors (Lipinski definition) is 1. The van der Waals surface area contributed by atoms with E-state index in [9.17, 15) is 36.5 Å². The topological polar surface area (TPSA) is 69.2 Å². The second-order valence-corrected chi connectivity index (χ2v) is 3.49. The van der Waals surface area contributed by atoms with Crippen LogP contribution in [0.15, 0.2) is 12.1 Å². The van der Waals surface area contributed by atoms with Crippen molar-refractivity contribution in [1.82, 2.24) is 0 Å². The van der Waals surface area contributed by atoms with Gasteiger partial charge in [0.05, 0.1) is 10.5 Å². The fourth-order valence-corrected chi connectivity index (χ4v) is 1.47. The summed E-state index contributed by atoms with van der Waals surface area (Å²) in [5.74, 6) is 0. The number of benzene rings is 1. The SMILES string of the molecule is NCc1cc([N+](=O)[O-])c(C(F)(F)F)c(C(F)(F)F)c1. The van der Waals surface area contributed by atoms with Gasteiger partial charge >= 0.3 is 12.4 Å². The van der Waals surface area contributed by atoms with Crippen molar-refractivity contribution in [3.63, 3.8) is 0 Å². The zero-order chi connectivity index (χ0) is 15.0. The molecule has 0 radical (unpaired) electrons. The van der Waals surface area contributed by atoms with E-state index in [-0.39, 0.29) is 6.07 Å². The summed E-state index contributed by atoms with van der Waals surface area (Å²) < 4.78 is 75.5. The molecule has 0 aliphatic rings. The number of alkyl halides is 6. The molecule has 0 aliphatic carbocycles. The first kappa shape index (κ1) is 15.2. The number of nitro benzene ring substituents is 1. The molecule has 2 N–H and O–H groups in total. The zero-order valence-corrected chi connectivity index (χ0v) is 8.97. The van der Waals surface area contributed by atoms with Gasteiger partial charge in [-0.2, -0.15) is 26.3 Å². The zero-order valence-electron chi connectivity index (χ0n) is 8.97. The summed E-state index contributed by atoms with van der Waals surface area (Å²) in [6.07, 6.45) is -10.9. The van der Waals surface area contributed by atoms with Gasteiger partial charge in [0, 0.05) is 12.6 Å². The van der Waals surface area contributed by atoms with Crippen LogP contribution < -0.4 is 5.73 Å². The van der Waals surface area contributed by atoms with Crippen LogP contribution in [0.5, 0.6) is 0 Å². The van der Waals surface area contributed by atoms with Gasteiger partial charge in [0.25, 0.3) is 5.69 Å². The minimum atomic E-state index is -5.50. The van der Waals surface area contributed by atoms with Crippen molar-refractivity contribution >= 4 is 5.69 Å². The predicted molar refractivity (Wildman–Crippen MR) is 51.0 cm³/mol. The van der Waals surface area contributed by atoms with Crippen molar-refractivity contribution < 1.29 is 31.3 Å². The van der Waals surface area contributed by atoms with Gasteiger partial charge in [-0.05, 0) is 11.6 Å². The van der Waals surface area contributed by atoms with E-state index in [0.29, 0.717) is 6.07 Å². The smallest absolute Gasteiger partial charge is 0.326 e. The molecule has 10 heteroatoms. The van der Waals surface area contributed by atoms with Crippen LogP contribution >= 0.6 is 0 Å². The first-order valence-electron chi connectivity index (χ1n) is 4.64. The van der Waals surface area contributed by atoms with Gasteiger partial charge in [-0.3, -0.25) is 10.1 Å². The van der Waals surface area contributed by atoms with Gasteiger partial charge < -0.3 is 5.73 Å². The Labute approximate surface area is 102 Å². The molecule has 0 saturated carbocycles. The molecule has 0 bridgehead atoms. The first-order chi connectivity index (χ1) is 8.48. The lowest BCUT2D eigenvalue weighted by atomic mass is 10.0. The lowest BCUT2D eigenvalue weighted by Crippen LogP contribution is -2.19. The molecule has 1 aromatic rings. The highest BCUT2D eigenvalue weighted by Gasteiger charge is 2.48.